The van der Waals surface area contributed by atoms with Gasteiger partial charge in [0.25, 0.3) is 5.91 Å². The fourth-order valence-corrected chi connectivity index (χ4v) is 2.82. The van der Waals surface area contributed by atoms with Crippen molar-refractivity contribution in [3.8, 4) is 5.75 Å². The topological polar surface area (TPSA) is 80.0 Å². The summed E-state index contributed by atoms with van der Waals surface area (Å²) in [5, 5.41) is 8.85. The molecule has 3 rings (SSSR count). The summed E-state index contributed by atoms with van der Waals surface area (Å²) < 4.78 is 10.2. The third kappa shape index (κ3) is 3.06. The van der Waals surface area contributed by atoms with Crippen molar-refractivity contribution in [2.75, 3.05) is 20.2 Å². The summed E-state index contributed by atoms with van der Waals surface area (Å²) in [6, 6.07) is 10.5. The first-order valence-corrected chi connectivity index (χ1v) is 7.35. The van der Waals surface area contributed by atoms with E-state index in [9.17, 15) is 9.59 Å². The second-order valence-electron chi connectivity index (χ2n) is 5.48. The van der Waals surface area contributed by atoms with Crippen molar-refractivity contribution >= 4 is 11.9 Å². The van der Waals surface area contributed by atoms with Gasteiger partial charge in [0.15, 0.2) is 5.76 Å². The molecule has 0 saturated carbocycles. The molecule has 2 heterocycles. The zero-order chi connectivity index (χ0) is 16.4. The molecule has 6 nitrogen and oxygen atoms in total. The van der Waals surface area contributed by atoms with Crippen LogP contribution in [0.2, 0.25) is 0 Å². The van der Waals surface area contributed by atoms with Crippen LogP contribution in [-0.4, -0.2) is 42.1 Å². The first kappa shape index (κ1) is 15.1. The van der Waals surface area contributed by atoms with Crippen LogP contribution >= 0.6 is 0 Å². The number of carbonyl (C=O) groups is 2. The molecule has 6 heteroatoms. The van der Waals surface area contributed by atoms with E-state index in [2.05, 4.69) is 0 Å². The molecule has 1 N–H and O–H groups in total. The number of carboxylic acid groups (broad SMARTS) is 1. The standard InChI is InChI=1S/C17H17NO5/c1-22-13-4-2-11(3-5-13)12-8-9-18(10-12)16(19)14-6-7-15(23-14)17(20)21/h2-7,12H,8-10H2,1H3,(H,20,21). The second-order valence-corrected chi connectivity index (χ2v) is 5.48. The van der Waals surface area contributed by atoms with Gasteiger partial charge in [0.2, 0.25) is 5.76 Å². The van der Waals surface area contributed by atoms with Crippen LogP contribution in [0, 0.1) is 0 Å². The van der Waals surface area contributed by atoms with E-state index in [1.54, 1.807) is 12.0 Å². The van der Waals surface area contributed by atoms with Gasteiger partial charge in [-0.15, -0.1) is 0 Å². The van der Waals surface area contributed by atoms with Gasteiger partial charge in [0.05, 0.1) is 7.11 Å². The lowest BCUT2D eigenvalue weighted by molar-refractivity contribution is 0.0653. The van der Waals surface area contributed by atoms with Crippen molar-refractivity contribution < 1.29 is 23.8 Å². The minimum Gasteiger partial charge on any atom is -0.497 e. The SMILES string of the molecule is COc1ccc(C2CCN(C(=O)c3ccc(C(=O)O)o3)C2)cc1. The molecule has 1 unspecified atom stereocenters. The Morgan fingerprint density at radius 1 is 1.17 bits per heavy atom. The highest BCUT2D eigenvalue weighted by Gasteiger charge is 2.29. The molecular formula is C17H17NO5. The Labute approximate surface area is 133 Å². The van der Waals surface area contributed by atoms with E-state index in [0.717, 1.165) is 17.7 Å². The van der Waals surface area contributed by atoms with Gasteiger partial charge in [-0.05, 0) is 36.2 Å². The Kier molecular flexibility index (Phi) is 4.06. The molecule has 0 aliphatic carbocycles. The fourth-order valence-electron chi connectivity index (χ4n) is 2.82. The van der Waals surface area contributed by atoms with E-state index in [0.29, 0.717) is 13.1 Å². The molecule has 23 heavy (non-hydrogen) atoms. The van der Waals surface area contributed by atoms with E-state index >= 15 is 0 Å². The van der Waals surface area contributed by atoms with E-state index in [4.69, 9.17) is 14.3 Å². The van der Waals surface area contributed by atoms with Gasteiger partial charge in [-0.1, -0.05) is 12.1 Å². The van der Waals surface area contributed by atoms with Gasteiger partial charge in [0.1, 0.15) is 5.75 Å². The smallest absolute Gasteiger partial charge is 0.371 e. The van der Waals surface area contributed by atoms with Crippen molar-refractivity contribution in [3.63, 3.8) is 0 Å². The van der Waals surface area contributed by atoms with Crippen molar-refractivity contribution in [1.29, 1.82) is 0 Å². The number of likely N-dealkylation sites (tertiary alicyclic amines) is 1. The van der Waals surface area contributed by atoms with Crippen LogP contribution in [0.5, 0.6) is 5.75 Å². The minimum atomic E-state index is -1.18. The lowest BCUT2D eigenvalue weighted by atomic mass is 9.98. The van der Waals surface area contributed by atoms with Crippen LogP contribution in [0.25, 0.3) is 0 Å². The van der Waals surface area contributed by atoms with Gasteiger partial charge >= 0.3 is 5.97 Å². The maximum atomic E-state index is 12.4. The number of hydrogen-bond donors (Lipinski definition) is 1. The van der Waals surface area contributed by atoms with Gasteiger partial charge in [-0.3, -0.25) is 4.79 Å². The highest BCUT2D eigenvalue weighted by atomic mass is 16.5. The number of aromatic carboxylic acids is 1. The Morgan fingerprint density at radius 2 is 1.87 bits per heavy atom. The molecule has 1 fully saturated rings. The van der Waals surface area contributed by atoms with Crippen molar-refractivity contribution in [2.45, 2.75) is 12.3 Å². The van der Waals surface area contributed by atoms with E-state index in [-0.39, 0.29) is 23.3 Å². The van der Waals surface area contributed by atoms with Crippen LogP contribution in [0.4, 0.5) is 0 Å². The number of furan rings is 1. The zero-order valence-corrected chi connectivity index (χ0v) is 12.7. The summed E-state index contributed by atoms with van der Waals surface area (Å²) in [5.74, 6) is -0.539. The van der Waals surface area contributed by atoms with E-state index < -0.39 is 5.97 Å². The van der Waals surface area contributed by atoms with Gasteiger partial charge < -0.3 is 19.2 Å². The van der Waals surface area contributed by atoms with Crippen LogP contribution in [0.3, 0.4) is 0 Å². The number of hydrogen-bond acceptors (Lipinski definition) is 4. The maximum Gasteiger partial charge on any atom is 0.371 e. The lowest BCUT2D eigenvalue weighted by Gasteiger charge is -2.15. The number of rotatable bonds is 4. The Bertz CT molecular complexity index is 719. The number of ether oxygens (including phenoxy) is 1. The highest BCUT2D eigenvalue weighted by molar-refractivity contribution is 5.93. The molecule has 1 amide bonds. The number of carboxylic acids is 1. The molecule has 0 spiro atoms. The summed E-state index contributed by atoms with van der Waals surface area (Å²) in [7, 11) is 1.62. The molecule has 2 aromatic rings. The molecule has 0 bridgehead atoms. The average molecular weight is 315 g/mol. The summed E-state index contributed by atoms with van der Waals surface area (Å²) in [5.41, 5.74) is 1.16. The van der Waals surface area contributed by atoms with Crippen LogP contribution in [0.15, 0.2) is 40.8 Å². The molecule has 1 atom stereocenters. The molecule has 1 aliphatic rings. The molecule has 0 radical (unpaired) electrons. The first-order valence-electron chi connectivity index (χ1n) is 7.35. The fraction of sp³-hybridized carbons (Fsp3) is 0.294. The largest absolute Gasteiger partial charge is 0.497 e. The summed E-state index contributed by atoms with van der Waals surface area (Å²) >= 11 is 0. The first-order chi connectivity index (χ1) is 11.1. The normalized spacial score (nSPS) is 17.3. The highest BCUT2D eigenvalue weighted by Crippen LogP contribution is 2.29. The quantitative estimate of drug-likeness (QED) is 0.938. The summed E-state index contributed by atoms with van der Waals surface area (Å²) in [4.78, 5) is 24.9. The number of methoxy groups -OCH3 is 1. The predicted molar refractivity (Wildman–Crippen MR) is 81.9 cm³/mol. The van der Waals surface area contributed by atoms with Crippen molar-refractivity contribution in [2.24, 2.45) is 0 Å². The van der Waals surface area contributed by atoms with Crippen molar-refractivity contribution in [3.05, 3.63) is 53.5 Å². The molecule has 1 saturated heterocycles. The third-order valence-corrected chi connectivity index (χ3v) is 4.09. The summed E-state index contributed by atoms with van der Waals surface area (Å²) in [6.07, 6.45) is 0.866. The monoisotopic (exact) mass is 315 g/mol. The number of amides is 1. The molecule has 120 valence electrons. The van der Waals surface area contributed by atoms with Crippen molar-refractivity contribution in [1.82, 2.24) is 4.90 Å². The Hall–Kier alpha value is -2.76. The third-order valence-electron chi connectivity index (χ3n) is 4.09. The Balaban J connectivity index is 1.68. The van der Waals surface area contributed by atoms with Crippen LogP contribution in [0.1, 0.15) is 39.0 Å². The molecule has 1 aromatic carbocycles. The molecular weight excluding hydrogens is 298 g/mol. The van der Waals surface area contributed by atoms with Gasteiger partial charge in [-0.25, -0.2) is 4.79 Å². The van der Waals surface area contributed by atoms with Gasteiger partial charge in [-0.2, -0.15) is 0 Å². The zero-order valence-electron chi connectivity index (χ0n) is 12.7. The number of benzene rings is 1. The Morgan fingerprint density at radius 3 is 2.48 bits per heavy atom. The van der Waals surface area contributed by atoms with Gasteiger partial charge in [0, 0.05) is 19.0 Å². The second kappa shape index (κ2) is 6.16. The minimum absolute atomic E-state index is 0.0674. The van der Waals surface area contributed by atoms with E-state index in [1.165, 1.54) is 12.1 Å². The molecule has 1 aliphatic heterocycles. The average Bonchev–Trinajstić information content (AvgIpc) is 3.24. The van der Waals surface area contributed by atoms with Crippen LogP contribution in [-0.2, 0) is 0 Å². The maximum absolute atomic E-state index is 12.4. The van der Waals surface area contributed by atoms with Crippen LogP contribution < -0.4 is 4.74 Å². The lowest BCUT2D eigenvalue weighted by Crippen LogP contribution is -2.28. The van der Waals surface area contributed by atoms with E-state index in [1.807, 2.05) is 24.3 Å². The molecule has 1 aromatic heterocycles. The number of carbonyl (C=O) groups excluding carboxylic acids is 1. The number of nitrogens with zero attached hydrogens (tertiary/aromatic N) is 1. The summed E-state index contributed by atoms with van der Waals surface area (Å²) in [6.45, 7) is 1.22. The predicted octanol–water partition coefficient (Wildman–Crippen LogP) is 2.62.